The minimum atomic E-state index is 0.342. The van der Waals surface area contributed by atoms with Crippen LogP contribution in [0.25, 0.3) is 92.9 Å². The van der Waals surface area contributed by atoms with E-state index >= 15 is 0 Å². The number of para-hydroxylation sites is 1. The standard InChI is InChI=1S/C54H35N5/c55-48-31-36(52-42-16-4-8-20-46(42)54(47-21-9-5-17-43(47)52)38-30-35-12-1-10-22-49(35)57-33-38)25-28-50(48)59-58-39-26-23-34(24-27-39)51-40-14-2-6-18-44(40)53(37-13-11-29-56-32-37)45-19-7-3-15-41(45)51/h1-33,55,58H/b55-48?,59-50-. The van der Waals surface area contributed by atoms with E-state index in [4.69, 9.17) is 15.5 Å². The van der Waals surface area contributed by atoms with Gasteiger partial charge in [-0.15, -0.1) is 0 Å². The van der Waals surface area contributed by atoms with Gasteiger partial charge in [-0.1, -0.05) is 140 Å². The van der Waals surface area contributed by atoms with Gasteiger partial charge in [-0.2, -0.15) is 5.10 Å². The fourth-order valence-electron chi connectivity index (χ4n) is 8.84. The number of anilines is 1. The zero-order valence-electron chi connectivity index (χ0n) is 31.9. The number of hydrogen-bond acceptors (Lipinski definition) is 5. The van der Waals surface area contributed by atoms with Crippen molar-refractivity contribution in [3.05, 3.63) is 206 Å². The molecule has 2 N–H and O–H groups in total. The highest BCUT2D eigenvalue weighted by atomic mass is 15.3. The van der Waals surface area contributed by atoms with Crippen LogP contribution in [0.5, 0.6) is 0 Å². The number of allylic oxidation sites excluding steroid dienone is 4. The van der Waals surface area contributed by atoms with Crippen LogP contribution in [0, 0.1) is 5.41 Å². The molecule has 0 aliphatic heterocycles. The van der Waals surface area contributed by atoms with Crippen molar-refractivity contribution in [2.24, 2.45) is 5.10 Å². The number of pyridine rings is 2. The van der Waals surface area contributed by atoms with Crippen LogP contribution >= 0.6 is 0 Å². The van der Waals surface area contributed by atoms with Crippen molar-refractivity contribution in [1.29, 1.82) is 5.41 Å². The largest absolute Gasteiger partial charge is 0.299 e. The van der Waals surface area contributed by atoms with E-state index in [2.05, 4.69) is 162 Å². The monoisotopic (exact) mass is 753 g/mol. The molecule has 10 aromatic rings. The predicted octanol–water partition coefficient (Wildman–Crippen LogP) is 13.7. The predicted molar refractivity (Wildman–Crippen MR) is 248 cm³/mol. The quantitative estimate of drug-likeness (QED) is 0.101. The van der Waals surface area contributed by atoms with E-state index in [1.807, 2.05) is 48.9 Å². The topological polar surface area (TPSA) is 74.0 Å². The second-order valence-corrected chi connectivity index (χ2v) is 14.9. The number of nitrogens with one attached hydrogen (secondary N) is 2. The zero-order valence-corrected chi connectivity index (χ0v) is 31.9. The lowest BCUT2D eigenvalue weighted by Crippen LogP contribution is -2.13. The van der Waals surface area contributed by atoms with Crippen LogP contribution in [0.3, 0.4) is 0 Å². The fourth-order valence-corrected chi connectivity index (χ4v) is 8.84. The van der Waals surface area contributed by atoms with Crippen LogP contribution in [-0.4, -0.2) is 21.4 Å². The molecule has 0 saturated heterocycles. The summed E-state index contributed by atoms with van der Waals surface area (Å²) in [7, 11) is 0. The fraction of sp³-hybridized carbons (Fsp3) is 0. The average molecular weight is 754 g/mol. The third kappa shape index (κ3) is 5.87. The van der Waals surface area contributed by atoms with Crippen molar-refractivity contribution in [3.8, 4) is 33.4 Å². The molecule has 11 rings (SSSR count). The summed E-state index contributed by atoms with van der Waals surface area (Å²) in [5.74, 6) is 0. The molecule has 0 radical (unpaired) electrons. The molecule has 1 aliphatic carbocycles. The Kier molecular flexibility index (Phi) is 8.23. The third-order valence-corrected chi connectivity index (χ3v) is 11.5. The summed E-state index contributed by atoms with van der Waals surface area (Å²) < 4.78 is 0. The molecule has 5 nitrogen and oxygen atoms in total. The van der Waals surface area contributed by atoms with Crippen molar-refractivity contribution in [3.63, 3.8) is 0 Å². The molecule has 0 spiro atoms. The van der Waals surface area contributed by atoms with Crippen molar-refractivity contribution in [2.45, 2.75) is 0 Å². The molecular formula is C54H35N5. The van der Waals surface area contributed by atoms with Crippen LogP contribution < -0.4 is 5.43 Å². The second-order valence-electron chi connectivity index (χ2n) is 14.9. The normalized spacial score (nSPS) is 13.5. The van der Waals surface area contributed by atoms with Crippen molar-refractivity contribution < 1.29 is 0 Å². The molecule has 0 fully saturated rings. The maximum absolute atomic E-state index is 9.13. The molecular weight excluding hydrogens is 719 g/mol. The molecule has 0 amide bonds. The Morgan fingerprint density at radius 3 is 1.54 bits per heavy atom. The first-order chi connectivity index (χ1) is 29.2. The molecule has 0 unspecified atom stereocenters. The van der Waals surface area contributed by atoms with E-state index in [0.717, 1.165) is 71.5 Å². The van der Waals surface area contributed by atoms with Crippen LogP contribution in [0.4, 0.5) is 5.69 Å². The molecule has 276 valence electrons. The highest BCUT2D eigenvalue weighted by Crippen LogP contribution is 2.45. The lowest BCUT2D eigenvalue weighted by molar-refractivity contribution is 1.33. The Labute approximate surface area is 340 Å². The van der Waals surface area contributed by atoms with Gasteiger partial charge in [-0.05, 0) is 119 Å². The first-order valence-electron chi connectivity index (χ1n) is 19.8. The zero-order chi connectivity index (χ0) is 39.3. The van der Waals surface area contributed by atoms with Crippen LogP contribution in [0.2, 0.25) is 0 Å². The number of rotatable bonds is 6. The van der Waals surface area contributed by atoms with E-state index < -0.39 is 0 Å². The smallest absolute Gasteiger partial charge is 0.108 e. The molecule has 8 aromatic carbocycles. The molecule has 0 bridgehead atoms. The van der Waals surface area contributed by atoms with Gasteiger partial charge in [0.15, 0.2) is 0 Å². The van der Waals surface area contributed by atoms with Gasteiger partial charge in [0.05, 0.1) is 16.9 Å². The van der Waals surface area contributed by atoms with Gasteiger partial charge < -0.3 is 0 Å². The number of hydrazone groups is 1. The SMILES string of the molecule is N=C1C=C(c2c3ccccc3c(-c3cnc4ccccc4c3)c3ccccc23)C=C/C1=N/Nc1ccc(-c2c3ccccc3c(-c3cccnc3)c3ccccc23)cc1. The Morgan fingerprint density at radius 1 is 0.458 bits per heavy atom. The summed E-state index contributed by atoms with van der Waals surface area (Å²) in [5.41, 5.74) is 14.9. The summed E-state index contributed by atoms with van der Waals surface area (Å²) in [6.45, 7) is 0. The van der Waals surface area contributed by atoms with Crippen LogP contribution in [0.15, 0.2) is 206 Å². The molecule has 0 atom stereocenters. The molecule has 1 aliphatic rings. The number of aromatic nitrogens is 2. The summed E-state index contributed by atoms with van der Waals surface area (Å²) in [4.78, 5) is 9.26. The number of benzene rings is 8. The van der Waals surface area contributed by atoms with E-state index in [0.29, 0.717) is 11.4 Å². The number of fused-ring (bicyclic) bond motifs is 5. The van der Waals surface area contributed by atoms with Gasteiger partial charge in [-0.3, -0.25) is 20.8 Å². The maximum atomic E-state index is 9.13. The molecule has 59 heavy (non-hydrogen) atoms. The maximum Gasteiger partial charge on any atom is 0.108 e. The number of nitrogens with zero attached hydrogens (tertiary/aromatic N) is 3. The van der Waals surface area contributed by atoms with Crippen molar-refractivity contribution >= 4 is 76.7 Å². The summed E-state index contributed by atoms with van der Waals surface area (Å²) in [6, 6.07) is 57.4. The van der Waals surface area contributed by atoms with Gasteiger partial charge in [0.1, 0.15) is 5.71 Å². The Balaban J connectivity index is 0.922. The van der Waals surface area contributed by atoms with Gasteiger partial charge in [0, 0.05) is 35.1 Å². The highest BCUT2D eigenvalue weighted by Gasteiger charge is 2.20. The first-order valence-corrected chi connectivity index (χ1v) is 19.8. The summed E-state index contributed by atoms with van der Waals surface area (Å²) in [6.07, 6.45) is 11.7. The van der Waals surface area contributed by atoms with Crippen molar-refractivity contribution in [1.82, 2.24) is 9.97 Å². The molecule has 2 heterocycles. The van der Waals surface area contributed by atoms with Gasteiger partial charge >= 0.3 is 0 Å². The lowest BCUT2D eigenvalue weighted by atomic mass is 9.84. The summed E-state index contributed by atoms with van der Waals surface area (Å²) >= 11 is 0. The molecule has 5 heteroatoms. The summed E-state index contributed by atoms with van der Waals surface area (Å²) in [5, 5.41) is 24.3. The van der Waals surface area contributed by atoms with E-state index in [1.165, 1.54) is 32.7 Å². The van der Waals surface area contributed by atoms with E-state index in [9.17, 15) is 0 Å². The van der Waals surface area contributed by atoms with Crippen LogP contribution in [-0.2, 0) is 0 Å². The first kappa shape index (κ1) is 34.2. The Morgan fingerprint density at radius 2 is 0.983 bits per heavy atom. The van der Waals surface area contributed by atoms with Crippen molar-refractivity contribution in [2.75, 3.05) is 5.43 Å². The second kappa shape index (κ2) is 14.2. The van der Waals surface area contributed by atoms with Gasteiger partial charge in [0.25, 0.3) is 0 Å². The number of hydrogen-bond donors (Lipinski definition) is 2. The Hall–Kier alpha value is -8.02. The average Bonchev–Trinajstić information content (AvgIpc) is 3.30. The minimum absolute atomic E-state index is 0.342. The van der Waals surface area contributed by atoms with Gasteiger partial charge in [0.2, 0.25) is 0 Å². The molecule has 0 saturated carbocycles. The third-order valence-electron chi connectivity index (χ3n) is 11.5. The van der Waals surface area contributed by atoms with E-state index in [1.54, 1.807) is 0 Å². The minimum Gasteiger partial charge on any atom is -0.299 e. The van der Waals surface area contributed by atoms with Gasteiger partial charge in [-0.25, -0.2) is 0 Å². The van der Waals surface area contributed by atoms with E-state index in [-0.39, 0.29) is 0 Å². The Bertz CT molecular complexity index is 3300. The van der Waals surface area contributed by atoms with Crippen LogP contribution in [0.1, 0.15) is 5.56 Å². The lowest BCUT2D eigenvalue weighted by Gasteiger charge is -2.19. The molecule has 2 aromatic heterocycles. The highest BCUT2D eigenvalue weighted by molar-refractivity contribution is 6.52.